The summed E-state index contributed by atoms with van der Waals surface area (Å²) in [5.41, 5.74) is 4.25. The van der Waals surface area contributed by atoms with Crippen LogP contribution in [-0.4, -0.2) is 9.78 Å². The molecule has 2 rings (SSSR count). The van der Waals surface area contributed by atoms with E-state index in [2.05, 4.69) is 28.0 Å². The zero-order chi connectivity index (χ0) is 12.6. The Hall–Kier alpha value is -1.16. The molecule has 0 aliphatic rings. The van der Waals surface area contributed by atoms with Crippen molar-refractivity contribution in [3.05, 3.63) is 51.0 Å². The Balaban J connectivity index is 2.34. The van der Waals surface area contributed by atoms with E-state index >= 15 is 0 Å². The molecule has 2 aromatic rings. The number of benzene rings is 1. The van der Waals surface area contributed by atoms with Crippen molar-refractivity contribution in [2.75, 3.05) is 0 Å². The summed E-state index contributed by atoms with van der Waals surface area (Å²) in [6, 6.07) is 4.90. The van der Waals surface area contributed by atoms with Crippen LogP contribution in [0.25, 0.3) is 0 Å². The van der Waals surface area contributed by atoms with Crippen molar-refractivity contribution in [3.63, 3.8) is 0 Å². The van der Waals surface area contributed by atoms with Gasteiger partial charge in [-0.3, -0.25) is 4.68 Å². The van der Waals surface area contributed by atoms with Crippen molar-refractivity contribution < 1.29 is 4.39 Å². The monoisotopic (exact) mass is 296 g/mol. The third-order valence-corrected chi connectivity index (χ3v) is 3.46. The van der Waals surface area contributed by atoms with E-state index in [1.807, 2.05) is 24.6 Å². The highest BCUT2D eigenvalue weighted by Crippen LogP contribution is 2.18. The topological polar surface area (TPSA) is 17.8 Å². The Morgan fingerprint density at radius 1 is 1.24 bits per heavy atom. The Morgan fingerprint density at radius 2 is 1.94 bits per heavy atom. The van der Waals surface area contributed by atoms with Crippen molar-refractivity contribution >= 4 is 15.9 Å². The van der Waals surface area contributed by atoms with Crippen molar-refractivity contribution in [1.29, 1.82) is 0 Å². The molecule has 0 unspecified atom stereocenters. The first-order valence-corrected chi connectivity index (χ1v) is 6.22. The van der Waals surface area contributed by atoms with Gasteiger partial charge in [-0.2, -0.15) is 5.10 Å². The molecule has 17 heavy (non-hydrogen) atoms. The van der Waals surface area contributed by atoms with Crippen LogP contribution in [0.2, 0.25) is 0 Å². The molecule has 0 atom stereocenters. The van der Waals surface area contributed by atoms with E-state index < -0.39 is 0 Å². The molecule has 1 aromatic heterocycles. The van der Waals surface area contributed by atoms with Crippen LogP contribution in [0.15, 0.2) is 22.7 Å². The van der Waals surface area contributed by atoms with Gasteiger partial charge in [-0.15, -0.1) is 0 Å². The van der Waals surface area contributed by atoms with Crippen molar-refractivity contribution in [2.45, 2.75) is 27.3 Å². The van der Waals surface area contributed by atoms with Crippen LogP contribution in [0.5, 0.6) is 0 Å². The number of halogens is 2. The number of rotatable bonds is 2. The standard InChI is InChI=1S/C13H14BrFN2/c1-8-9(2)16-17(10(8)3)7-11-4-12(14)6-13(15)5-11/h4-6H,7H2,1-3H3. The molecule has 0 spiro atoms. The Morgan fingerprint density at radius 3 is 2.47 bits per heavy atom. The molecule has 90 valence electrons. The molecule has 4 heteroatoms. The van der Waals surface area contributed by atoms with Gasteiger partial charge in [0.15, 0.2) is 0 Å². The van der Waals surface area contributed by atoms with Gasteiger partial charge >= 0.3 is 0 Å². The van der Waals surface area contributed by atoms with Gasteiger partial charge in [0.25, 0.3) is 0 Å². The van der Waals surface area contributed by atoms with Crippen LogP contribution in [0.4, 0.5) is 4.39 Å². The summed E-state index contributed by atoms with van der Waals surface area (Å²) >= 11 is 3.29. The zero-order valence-electron chi connectivity index (χ0n) is 10.1. The van der Waals surface area contributed by atoms with E-state index in [0.29, 0.717) is 6.54 Å². The van der Waals surface area contributed by atoms with Gasteiger partial charge in [-0.25, -0.2) is 4.39 Å². The summed E-state index contributed by atoms with van der Waals surface area (Å²) in [6.07, 6.45) is 0. The average molecular weight is 297 g/mol. The summed E-state index contributed by atoms with van der Waals surface area (Å²) in [4.78, 5) is 0. The lowest BCUT2D eigenvalue weighted by Crippen LogP contribution is -2.04. The molecule has 0 N–H and O–H groups in total. The summed E-state index contributed by atoms with van der Waals surface area (Å²) < 4.78 is 15.9. The second kappa shape index (κ2) is 4.61. The summed E-state index contributed by atoms with van der Waals surface area (Å²) in [7, 11) is 0. The van der Waals surface area contributed by atoms with Gasteiger partial charge < -0.3 is 0 Å². The maximum atomic E-state index is 13.3. The summed E-state index contributed by atoms with van der Waals surface area (Å²) in [6.45, 7) is 6.66. The van der Waals surface area contributed by atoms with E-state index in [-0.39, 0.29) is 5.82 Å². The molecular formula is C13H14BrFN2. The lowest BCUT2D eigenvalue weighted by Gasteiger charge is -2.06. The van der Waals surface area contributed by atoms with Crippen molar-refractivity contribution in [3.8, 4) is 0 Å². The maximum Gasteiger partial charge on any atom is 0.124 e. The fourth-order valence-corrected chi connectivity index (χ4v) is 2.33. The van der Waals surface area contributed by atoms with Gasteiger partial charge in [-0.05, 0) is 50.1 Å². The van der Waals surface area contributed by atoms with Crippen LogP contribution < -0.4 is 0 Å². The van der Waals surface area contributed by atoms with Crippen LogP contribution in [0.1, 0.15) is 22.5 Å². The largest absolute Gasteiger partial charge is 0.265 e. The second-order valence-corrected chi connectivity index (χ2v) is 5.15. The summed E-state index contributed by atoms with van der Waals surface area (Å²) in [5, 5.41) is 4.44. The molecule has 1 heterocycles. The maximum absolute atomic E-state index is 13.3. The summed E-state index contributed by atoms with van der Waals surface area (Å²) in [5.74, 6) is -0.229. The van der Waals surface area contributed by atoms with Crippen LogP contribution in [-0.2, 0) is 6.54 Å². The van der Waals surface area contributed by atoms with Gasteiger partial charge in [0, 0.05) is 10.2 Å². The number of aromatic nitrogens is 2. The first-order chi connectivity index (χ1) is 7.97. The lowest BCUT2D eigenvalue weighted by atomic mass is 10.2. The Labute approximate surface area is 109 Å². The lowest BCUT2D eigenvalue weighted by molar-refractivity contribution is 0.614. The molecule has 0 amide bonds. The average Bonchev–Trinajstić information content (AvgIpc) is 2.45. The molecule has 0 radical (unpaired) electrons. The first-order valence-electron chi connectivity index (χ1n) is 5.43. The van der Waals surface area contributed by atoms with E-state index in [0.717, 1.165) is 21.4 Å². The molecule has 0 aliphatic carbocycles. The second-order valence-electron chi connectivity index (χ2n) is 4.23. The minimum atomic E-state index is -0.229. The molecular weight excluding hydrogens is 283 g/mol. The predicted molar refractivity (Wildman–Crippen MR) is 69.6 cm³/mol. The first kappa shape index (κ1) is 12.3. The fourth-order valence-electron chi connectivity index (χ4n) is 1.82. The van der Waals surface area contributed by atoms with Crippen LogP contribution in [0.3, 0.4) is 0 Å². The zero-order valence-corrected chi connectivity index (χ0v) is 11.7. The molecule has 2 nitrogen and oxygen atoms in total. The SMILES string of the molecule is Cc1nn(Cc2cc(F)cc(Br)c2)c(C)c1C. The molecule has 0 bridgehead atoms. The van der Waals surface area contributed by atoms with Crippen LogP contribution in [0, 0.1) is 26.6 Å². The van der Waals surface area contributed by atoms with Gasteiger partial charge in [0.05, 0.1) is 12.2 Å². The molecule has 0 saturated heterocycles. The van der Waals surface area contributed by atoms with E-state index in [1.165, 1.54) is 17.7 Å². The molecule has 0 aliphatic heterocycles. The third-order valence-electron chi connectivity index (χ3n) is 3.00. The minimum Gasteiger partial charge on any atom is -0.265 e. The Bertz CT molecular complexity index is 541. The van der Waals surface area contributed by atoms with E-state index in [1.54, 1.807) is 0 Å². The fraction of sp³-hybridized carbons (Fsp3) is 0.308. The highest BCUT2D eigenvalue weighted by atomic mass is 79.9. The number of hydrogen-bond acceptors (Lipinski definition) is 1. The van der Waals surface area contributed by atoms with Crippen molar-refractivity contribution in [1.82, 2.24) is 9.78 Å². The van der Waals surface area contributed by atoms with Crippen LogP contribution >= 0.6 is 15.9 Å². The molecule has 0 saturated carbocycles. The highest BCUT2D eigenvalue weighted by Gasteiger charge is 2.08. The predicted octanol–water partition coefficient (Wildman–Crippen LogP) is 3.76. The number of nitrogens with zero attached hydrogens (tertiary/aromatic N) is 2. The van der Waals surface area contributed by atoms with Gasteiger partial charge in [0.1, 0.15) is 5.82 Å². The smallest absolute Gasteiger partial charge is 0.124 e. The Kier molecular flexibility index (Phi) is 3.33. The minimum absolute atomic E-state index is 0.229. The van der Waals surface area contributed by atoms with E-state index in [9.17, 15) is 4.39 Å². The van der Waals surface area contributed by atoms with Gasteiger partial charge in [0.2, 0.25) is 0 Å². The van der Waals surface area contributed by atoms with Crippen molar-refractivity contribution in [2.24, 2.45) is 0 Å². The van der Waals surface area contributed by atoms with E-state index in [4.69, 9.17) is 0 Å². The number of aryl methyl sites for hydroxylation is 1. The van der Waals surface area contributed by atoms with Gasteiger partial charge in [-0.1, -0.05) is 15.9 Å². The third kappa shape index (κ3) is 2.57. The highest BCUT2D eigenvalue weighted by molar-refractivity contribution is 9.10. The normalized spacial score (nSPS) is 10.9. The molecule has 1 aromatic carbocycles. The quantitative estimate of drug-likeness (QED) is 0.825. The molecule has 0 fully saturated rings. The number of hydrogen-bond donors (Lipinski definition) is 0.